The first kappa shape index (κ1) is 25.8. The van der Waals surface area contributed by atoms with E-state index in [1.807, 2.05) is 42.6 Å². The van der Waals surface area contributed by atoms with Crippen LogP contribution in [0.15, 0.2) is 117 Å². The van der Waals surface area contributed by atoms with Crippen molar-refractivity contribution in [1.82, 2.24) is 4.72 Å². The van der Waals surface area contributed by atoms with Crippen molar-refractivity contribution in [3.63, 3.8) is 0 Å². The van der Waals surface area contributed by atoms with Gasteiger partial charge in [-0.15, -0.1) is 11.3 Å². The Hall–Kier alpha value is -3.85. The number of ketones is 1. The van der Waals surface area contributed by atoms with Crippen LogP contribution in [0.2, 0.25) is 0 Å². The first-order valence-electron chi connectivity index (χ1n) is 12.1. The van der Waals surface area contributed by atoms with Gasteiger partial charge in [0.25, 0.3) is 0 Å². The molecule has 8 heteroatoms. The van der Waals surface area contributed by atoms with E-state index in [4.69, 9.17) is 4.42 Å². The molecule has 0 fully saturated rings. The third kappa shape index (κ3) is 5.52. The Morgan fingerprint density at radius 3 is 2.34 bits per heavy atom. The van der Waals surface area contributed by atoms with Crippen LogP contribution in [0.25, 0.3) is 11.0 Å². The summed E-state index contributed by atoms with van der Waals surface area (Å²) in [6.45, 7) is 1.88. The SMILES string of the molecule is Cc1ccc(S(=O)(=O)N[C@@H](c2cccs2)[C@H](CC(=O)c2ccccc2)c2cc(=O)oc3ccccc23)cc1. The lowest BCUT2D eigenvalue weighted by atomic mass is 9.84. The molecule has 38 heavy (non-hydrogen) atoms. The van der Waals surface area contributed by atoms with Crippen LogP contribution >= 0.6 is 11.3 Å². The molecular weight excluding hydrogens is 518 g/mol. The van der Waals surface area contributed by atoms with Crippen LogP contribution in [0.5, 0.6) is 0 Å². The quantitative estimate of drug-likeness (QED) is 0.175. The molecule has 5 rings (SSSR count). The summed E-state index contributed by atoms with van der Waals surface area (Å²) in [6.07, 6.45) is -0.0313. The molecule has 0 radical (unpaired) electrons. The van der Waals surface area contributed by atoms with Crippen molar-refractivity contribution in [1.29, 1.82) is 0 Å². The molecule has 6 nitrogen and oxygen atoms in total. The molecule has 192 valence electrons. The summed E-state index contributed by atoms with van der Waals surface area (Å²) in [5.74, 6) is -0.861. The van der Waals surface area contributed by atoms with Gasteiger partial charge in [-0.25, -0.2) is 17.9 Å². The van der Waals surface area contributed by atoms with Crippen LogP contribution in [0.1, 0.15) is 44.7 Å². The molecule has 2 heterocycles. The van der Waals surface area contributed by atoms with E-state index in [1.165, 1.54) is 17.4 Å². The highest BCUT2D eigenvalue weighted by molar-refractivity contribution is 7.89. The second-order valence-corrected chi connectivity index (χ2v) is 11.7. The molecule has 2 aromatic heterocycles. The maximum absolute atomic E-state index is 13.6. The number of fused-ring (bicyclic) bond motifs is 1. The first-order chi connectivity index (χ1) is 18.3. The van der Waals surface area contributed by atoms with Crippen molar-refractivity contribution < 1.29 is 17.6 Å². The van der Waals surface area contributed by atoms with Gasteiger partial charge in [0.2, 0.25) is 10.0 Å². The van der Waals surface area contributed by atoms with Gasteiger partial charge in [0.15, 0.2) is 5.78 Å². The number of aryl methyl sites for hydroxylation is 1. The van der Waals surface area contributed by atoms with Gasteiger partial charge in [-0.3, -0.25) is 4.79 Å². The van der Waals surface area contributed by atoms with Crippen molar-refractivity contribution in [2.45, 2.75) is 30.2 Å². The maximum Gasteiger partial charge on any atom is 0.336 e. The minimum absolute atomic E-state index is 0.0313. The number of sulfonamides is 1. The minimum atomic E-state index is -3.98. The van der Waals surface area contributed by atoms with Crippen molar-refractivity contribution >= 4 is 38.1 Å². The fourth-order valence-corrected chi connectivity index (χ4v) is 6.72. The topological polar surface area (TPSA) is 93.5 Å². The highest BCUT2D eigenvalue weighted by Crippen LogP contribution is 2.40. The second-order valence-electron chi connectivity index (χ2n) is 9.04. The van der Waals surface area contributed by atoms with E-state index in [1.54, 1.807) is 60.7 Å². The summed E-state index contributed by atoms with van der Waals surface area (Å²) in [7, 11) is -3.98. The zero-order valence-electron chi connectivity index (χ0n) is 20.5. The zero-order chi connectivity index (χ0) is 26.7. The monoisotopic (exact) mass is 543 g/mol. The molecule has 0 saturated carbocycles. The van der Waals surface area contributed by atoms with E-state index in [2.05, 4.69) is 4.72 Å². The number of carbonyl (C=O) groups excluding carboxylic acids is 1. The van der Waals surface area contributed by atoms with Crippen LogP contribution in [0.3, 0.4) is 0 Å². The van der Waals surface area contributed by atoms with Gasteiger partial charge in [0, 0.05) is 34.2 Å². The van der Waals surface area contributed by atoms with Crippen LogP contribution < -0.4 is 10.3 Å². The molecule has 0 aliphatic heterocycles. The summed E-state index contributed by atoms with van der Waals surface area (Å²) in [4.78, 5) is 27.0. The second kappa shape index (κ2) is 10.9. The van der Waals surface area contributed by atoms with E-state index < -0.39 is 27.6 Å². The molecule has 0 unspecified atom stereocenters. The molecule has 0 amide bonds. The Labute approximate surface area is 224 Å². The minimum Gasteiger partial charge on any atom is -0.423 e. The standard InChI is InChI=1S/C30H25NO5S2/c1-20-13-15-22(16-14-20)38(34,35)31-30(28-12-7-17-37-28)25(18-26(32)21-8-3-2-4-9-21)24-19-29(33)36-27-11-6-5-10-23(24)27/h2-17,19,25,30-31H,18H2,1H3/t25-,30-/m1/s1. The smallest absolute Gasteiger partial charge is 0.336 e. The van der Waals surface area contributed by atoms with Crippen LogP contribution in [0.4, 0.5) is 0 Å². The van der Waals surface area contributed by atoms with Crippen molar-refractivity contribution in [3.05, 3.63) is 134 Å². The summed E-state index contributed by atoms with van der Waals surface area (Å²) in [5, 5.41) is 2.50. The predicted molar refractivity (Wildman–Crippen MR) is 149 cm³/mol. The Morgan fingerprint density at radius 1 is 0.921 bits per heavy atom. The Morgan fingerprint density at radius 2 is 1.63 bits per heavy atom. The third-order valence-electron chi connectivity index (χ3n) is 6.45. The lowest BCUT2D eigenvalue weighted by molar-refractivity contribution is 0.0968. The number of benzene rings is 3. The molecular formula is C30H25NO5S2. The fourth-order valence-electron chi connectivity index (χ4n) is 4.55. The molecule has 3 aromatic carbocycles. The summed E-state index contributed by atoms with van der Waals surface area (Å²) in [5.41, 5.74) is 1.80. The normalized spacial score (nSPS) is 13.3. The average Bonchev–Trinajstić information content (AvgIpc) is 3.46. The number of hydrogen-bond donors (Lipinski definition) is 1. The van der Waals surface area contributed by atoms with Gasteiger partial charge in [-0.1, -0.05) is 72.3 Å². The van der Waals surface area contributed by atoms with Gasteiger partial charge in [0.05, 0.1) is 10.9 Å². The molecule has 0 saturated heterocycles. The molecule has 1 N–H and O–H groups in total. The molecule has 2 atom stereocenters. The number of carbonyl (C=O) groups is 1. The lowest BCUT2D eigenvalue weighted by Crippen LogP contribution is -2.33. The van der Waals surface area contributed by atoms with E-state index >= 15 is 0 Å². The summed E-state index contributed by atoms with van der Waals surface area (Å²) in [6, 6.07) is 26.7. The largest absolute Gasteiger partial charge is 0.423 e. The van der Waals surface area contributed by atoms with Gasteiger partial charge >= 0.3 is 5.63 Å². The number of rotatable bonds is 9. The Balaban J connectivity index is 1.67. The van der Waals surface area contributed by atoms with Gasteiger partial charge in [-0.05, 0) is 42.1 Å². The lowest BCUT2D eigenvalue weighted by Gasteiger charge is -2.28. The molecule has 0 aliphatic carbocycles. The van der Waals surface area contributed by atoms with Crippen LogP contribution in [-0.2, 0) is 10.0 Å². The Bertz CT molecular complexity index is 1730. The number of nitrogens with one attached hydrogen (secondary N) is 1. The molecule has 5 aromatic rings. The van der Waals surface area contributed by atoms with Crippen molar-refractivity contribution in [2.75, 3.05) is 0 Å². The van der Waals surface area contributed by atoms with E-state index in [-0.39, 0.29) is 17.1 Å². The molecule has 0 aliphatic rings. The first-order valence-corrected chi connectivity index (χ1v) is 14.4. The number of para-hydroxylation sites is 1. The third-order valence-corrected chi connectivity index (χ3v) is 8.86. The number of hydrogen-bond acceptors (Lipinski definition) is 6. The molecule has 0 bridgehead atoms. The highest BCUT2D eigenvalue weighted by Gasteiger charge is 2.34. The van der Waals surface area contributed by atoms with Gasteiger partial charge in [0.1, 0.15) is 5.58 Å². The average molecular weight is 544 g/mol. The summed E-state index contributed by atoms with van der Waals surface area (Å²) < 4.78 is 35.5. The predicted octanol–water partition coefficient (Wildman–Crippen LogP) is 6.24. The maximum atomic E-state index is 13.6. The van der Waals surface area contributed by atoms with E-state index in [0.29, 0.717) is 22.1 Å². The van der Waals surface area contributed by atoms with Crippen molar-refractivity contribution in [3.8, 4) is 0 Å². The van der Waals surface area contributed by atoms with Gasteiger partial charge in [-0.2, -0.15) is 0 Å². The van der Waals surface area contributed by atoms with Crippen molar-refractivity contribution in [2.24, 2.45) is 0 Å². The van der Waals surface area contributed by atoms with E-state index in [9.17, 15) is 18.0 Å². The highest BCUT2D eigenvalue weighted by atomic mass is 32.2. The Kier molecular flexibility index (Phi) is 7.37. The number of Topliss-reactive ketones (excluding diaryl/α,β-unsaturated/α-hetero) is 1. The van der Waals surface area contributed by atoms with Crippen LogP contribution in [-0.4, -0.2) is 14.2 Å². The van der Waals surface area contributed by atoms with Gasteiger partial charge < -0.3 is 4.42 Å². The zero-order valence-corrected chi connectivity index (χ0v) is 22.2. The summed E-state index contributed by atoms with van der Waals surface area (Å²) >= 11 is 1.39. The van der Waals surface area contributed by atoms with Crippen LogP contribution in [0, 0.1) is 6.92 Å². The molecule has 0 spiro atoms. The number of thiophene rings is 1. The van der Waals surface area contributed by atoms with E-state index in [0.717, 1.165) is 10.4 Å². The fraction of sp³-hybridized carbons (Fsp3) is 0.133.